The third kappa shape index (κ3) is 3.49. The van der Waals surface area contributed by atoms with Crippen LogP contribution in [0.3, 0.4) is 0 Å². The van der Waals surface area contributed by atoms with Gasteiger partial charge in [-0.25, -0.2) is 14.6 Å². The fourth-order valence-corrected chi connectivity index (χ4v) is 2.16. The summed E-state index contributed by atoms with van der Waals surface area (Å²) in [5.41, 5.74) is -0.137. The lowest BCUT2D eigenvalue weighted by atomic mass is 10.2. The van der Waals surface area contributed by atoms with E-state index < -0.39 is 17.6 Å². The highest BCUT2D eigenvalue weighted by atomic mass is 19.4. The van der Waals surface area contributed by atoms with Gasteiger partial charge >= 0.3 is 6.18 Å². The summed E-state index contributed by atoms with van der Waals surface area (Å²) < 4.78 is 39.1. The van der Waals surface area contributed by atoms with Crippen molar-refractivity contribution in [2.75, 3.05) is 5.32 Å². The largest absolute Gasteiger partial charge is 0.417 e. The Bertz CT molecular complexity index is 888. The normalized spacial score (nSPS) is 11.4. The Morgan fingerprint density at radius 3 is 2.52 bits per heavy atom. The number of nitrogens with zero attached hydrogens (tertiary/aromatic N) is 4. The Morgan fingerprint density at radius 1 is 1.12 bits per heavy atom. The monoisotopic (exact) mass is 347 g/mol. The molecule has 1 amide bonds. The molecule has 9 heteroatoms. The summed E-state index contributed by atoms with van der Waals surface area (Å²) >= 11 is 0. The summed E-state index contributed by atoms with van der Waals surface area (Å²) in [4.78, 5) is 20.1. The highest BCUT2D eigenvalue weighted by Crippen LogP contribution is 2.28. The quantitative estimate of drug-likeness (QED) is 0.789. The number of nitrogens with one attached hydrogen (secondary N) is 1. The van der Waals surface area contributed by atoms with Crippen molar-refractivity contribution in [2.24, 2.45) is 0 Å². The molecule has 0 aromatic carbocycles. The van der Waals surface area contributed by atoms with E-state index in [1.807, 2.05) is 0 Å². The number of rotatable bonds is 3. The number of aromatic nitrogens is 4. The fraction of sp³-hybridized carbons (Fsp3) is 0.125. The Morgan fingerprint density at radius 2 is 1.92 bits per heavy atom. The van der Waals surface area contributed by atoms with Crippen LogP contribution in [0.1, 0.15) is 21.6 Å². The molecule has 0 spiro atoms. The molecule has 0 aliphatic carbocycles. The summed E-state index contributed by atoms with van der Waals surface area (Å²) in [7, 11) is 0. The van der Waals surface area contributed by atoms with Crippen LogP contribution >= 0.6 is 0 Å². The molecule has 3 aromatic heterocycles. The highest BCUT2D eigenvalue weighted by Gasteiger charge is 2.30. The van der Waals surface area contributed by atoms with Gasteiger partial charge in [0, 0.05) is 12.4 Å². The third-order valence-corrected chi connectivity index (χ3v) is 3.45. The molecular formula is C16H12F3N5O. The summed E-state index contributed by atoms with van der Waals surface area (Å²) in [5, 5.41) is 6.65. The number of anilines is 1. The van der Waals surface area contributed by atoms with E-state index in [9.17, 15) is 18.0 Å². The molecule has 0 saturated heterocycles. The van der Waals surface area contributed by atoms with E-state index >= 15 is 0 Å². The van der Waals surface area contributed by atoms with Crippen molar-refractivity contribution in [1.29, 1.82) is 0 Å². The molecule has 0 fully saturated rings. The van der Waals surface area contributed by atoms with Crippen LogP contribution in [0.25, 0.3) is 5.82 Å². The van der Waals surface area contributed by atoms with Crippen molar-refractivity contribution < 1.29 is 18.0 Å². The standard InChI is InChI=1S/C16H12F3N5O/c1-10-12(15(25)23-13-4-2-3-7-20-13)9-22-24(10)14-6-5-11(8-21-14)16(17,18)19/h2-9H,1H3,(H,20,23,25). The first-order valence-corrected chi connectivity index (χ1v) is 7.17. The molecule has 1 N–H and O–H groups in total. The van der Waals surface area contributed by atoms with Gasteiger partial charge in [-0.3, -0.25) is 4.79 Å². The van der Waals surface area contributed by atoms with Gasteiger partial charge in [0.2, 0.25) is 0 Å². The van der Waals surface area contributed by atoms with Gasteiger partial charge in [-0.2, -0.15) is 18.3 Å². The van der Waals surface area contributed by atoms with E-state index in [0.29, 0.717) is 11.5 Å². The van der Waals surface area contributed by atoms with Crippen molar-refractivity contribution in [3.63, 3.8) is 0 Å². The van der Waals surface area contributed by atoms with Crippen LogP contribution in [0.4, 0.5) is 19.0 Å². The number of pyridine rings is 2. The summed E-state index contributed by atoms with van der Waals surface area (Å²) in [6.07, 6.45) is -0.868. The second kappa shape index (κ2) is 6.34. The maximum absolute atomic E-state index is 12.6. The average molecular weight is 347 g/mol. The van der Waals surface area contributed by atoms with Crippen molar-refractivity contribution in [3.8, 4) is 5.82 Å². The minimum Gasteiger partial charge on any atom is -0.306 e. The fourth-order valence-electron chi connectivity index (χ4n) is 2.16. The molecule has 0 aliphatic heterocycles. The number of alkyl halides is 3. The van der Waals surface area contributed by atoms with Crippen LogP contribution in [0.15, 0.2) is 48.9 Å². The number of carbonyl (C=O) groups is 1. The SMILES string of the molecule is Cc1c(C(=O)Nc2ccccn2)cnn1-c1ccc(C(F)(F)F)cn1. The zero-order valence-corrected chi connectivity index (χ0v) is 12.9. The van der Waals surface area contributed by atoms with E-state index in [4.69, 9.17) is 0 Å². The van der Waals surface area contributed by atoms with Gasteiger partial charge < -0.3 is 5.32 Å². The van der Waals surface area contributed by atoms with Crippen molar-refractivity contribution in [2.45, 2.75) is 13.1 Å². The molecule has 128 valence electrons. The van der Waals surface area contributed by atoms with Crippen molar-refractivity contribution in [3.05, 3.63) is 65.7 Å². The van der Waals surface area contributed by atoms with E-state index in [2.05, 4.69) is 20.4 Å². The predicted molar refractivity (Wildman–Crippen MR) is 83.3 cm³/mol. The smallest absolute Gasteiger partial charge is 0.306 e. The van der Waals surface area contributed by atoms with Gasteiger partial charge in [-0.1, -0.05) is 6.07 Å². The Balaban J connectivity index is 1.85. The first kappa shape index (κ1) is 16.6. The first-order chi connectivity index (χ1) is 11.9. The molecular weight excluding hydrogens is 335 g/mol. The number of carbonyl (C=O) groups excluding carboxylic acids is 1. The number of hydrogen-bond acceptors (Lipinski definition) is 4. The molecule has 0 unspecified atom stereocenters. The van der Waals surface area contributed by atoms with Crippen LogP contribution < -0.4 is 5.32 Å². The number of amides is 1. The molecule has 3 aromatic rings. The Kier molecular flexibility index (Phi) is 4.22. The average Bonchev–Trinajstić information content (AvgIpc) is 2.97. The van der Waals surface area contributed by atoms with Crippen molar-refractivity contribution >= 4 is 11.7 Å². The summed E-state index contributed by atoms with van der Waals surface area (Å²) in [5.74, 6) is 0.143. The van der Waals surface area contributed by atoms with Gasteiger partial charge in [0.1, 0.15) is 5.82 Å². The molecule has 6 nitrogen and oxygen atoms in total. The van der Waals surface area contributed by atoms with Gasteiger partial charge in [0.25, 0.3) is 5.91 Å². The van der Waals surface area contributed by atoms with Crippen LogP contribution in [0.5, 0.6) is 0 Å². The van der Waals surface area contributed by atoms with Gasteiger partial charge in [-0.05, 0) is 31.2 Å². The summed E-state index contributed by atoms with van der Waals surface area (Å²) in [6, 6.07) is 7.19. The lowest BCUT2D eigenvalue weighted by Gasteiger charge is -2.08. The number of halogens is 3. The zero-order valence-electron chi connectivity index (χ0n) is 12.9. The molecule has 3 rings (SSSR count). The summed E-state index contributed by atoms with van der Waals surface area (Å²) in [6.45, 7) is 1.62. The van der Waals surface area contributed by atoms with Gasteiger partial charge in [0.15, 0.2) is 5.82 Å². The van der Waals surface area contributed by atoms with Gasteiger partial charge in [0.05, 0.1) is 23.0 Å². The molecule has 25 heavy (non-hydrogen) atoms. The Labute approximate surface area is 140 Å². The molecule has 0 saturated carbocycles. The lowest BCUT2D eigenvalue weighted by molar-refractivity contribution is -0.137. The number of hydrogen-bond donors (Lipinski definition) is 1. The molecule has 0 radical (unpaired) electrons. The second-order valence-electron chi connectivity index (χ2n) is 5.13. The van der Waals surface area contributed by atoms with E-state index in [1.165, 1.54) is 23.1 Å². The van der Waals surface area contributed by atoms with E-state index in [0.717, 1.165) is 12.3 Å². The van der Waals surface area contributed by atoms with Gasteiger partial charge in [-0.15, -0.1) is 0 Å². The maximum Gasteiger partial charge on any atom is 0.417 e. The topological polar surface area (TPSA) is 72.7 Å². The van der Waals surface area contributed by atoms with E-state index in [1.54, 1.807) is 25.1 Å². The second-order valence-corrected chi connectivity index (χ2v) is 5.13. The van der Waals surface area contributed by atoms with Crippen molar-refractivity contribution in [1.82, 2.24) is 19.7 Å². The maximum atomic E-state index is 12.6. The molecule has 0 atom stereocenters. The minimum atomic E-state index is -4.46. The lowest BCUT2D eigenvalue weighted by Crippen LogP contribution is -2.14. The van der Waals surface area contributed by atoms with E-state index in [-0.39, 0.29) is 11.4 Å². The minimum absolute atomic E-state index is 0.183. The van der Waals surface area contributed by atoms with Crippen LogP contribution in [-0.2, 0) is 6.18 Å². The van der Waals surface area contributed by atoms with Crippen LogP contribution in [0, 0.1) is 6.92 Å². The zero-order chi connectivity index (χ0) is 18.0. The Hall–Kier alpha value is -3.23. The van der Waals surface area contributed by atoms with Crippen LogP contribution in [-0.4, -0.2) is 25.7 Å². The first-order valence-electron chi connectivity index (χ1n) is 7.17. The molecule has 3 heterocycles. The highest BCUT2D eigenvalue weighted by molar-refractivity contribution is 6.04. The predicted octanol–water partition coefficient (Wildman–Crippen LogP) is 3.24. The van der Waals surface area contributed by atoms with Crippen LogP contribution in [0.2, 0.25) is 0 Å². The molecule has 0 aliphatic rings. The molecule has 0 bridgehead atoms. The third-order valence-electron chi connectivity index (χ3n) is 3.45.